The maximum absolute atomic E-state index is 13.6. The van der Waals surface area contributed by atoms with E-state index in [1.165, 1.54) is 12.4 Å². The molecule has 7 heteroatoms. The Morgan fingerprint density at radius 2 is 1.91 bits per heavy atom. The van der Waals surface area contributed by atoms with Crippen molar-refractivity contribution in [2.75, 3.05) is 11.9 Å². The highest BCUT2D eigenvalue weighted by Gasteiger charge is 2.47. The molecule has 0 spiro atoms. The third-order valence-electron chi connectivity index (χ3n) is 7.27. The predicted octanol–water partition coefficient (Wildman–Crippen LogP) is 3.44. The van der Waals surface area contributed by atoms with Crippen molar-refractivity contribution in [2.24, 2.45) is 11.8 Å². The molecule has 34 heavy (non-hydrogen) atoms. The lowest BCUT2D eigenvalue weighted by Gasteiger charge is -2.43. The van der Waals surface area contributed by atoms with Gasteiger partial charge in [-0.1, -0.05) is 56.0 Å². The van der Waals surface area contributed by atoms with Crippen molar-refractivity contribution in [2.45, 2.75) is 62.9 Å². The number of urea groups is 1. The molecule has 1 aromatic carbocycles. The highest BCUT2D eigenvalue weighted by molar-refractivity contribution is 5.83. The summed E-state index contributed by atoms with van der Waals surface area (Å²) in [6.07, 6.45) is 17.5. The number of benzene rings is 1. The summed E-state index contributed by atoms with van der Waals surface area (Å²) in [6, 6.07) is 9.86. The van der Waals surface area contributed by atoms with Crippen molar-refractivity contribution >= 4 is 17.8 Å². The standard InChI is InChI=1S/C27H32N4O3/c1-2-20-18-23(22(20)12-15-30-26(33)31-24-19-28-16-17-29-24)34-25(32)27(13-8-3-4-9-14-27)21-10-6-5-7-11-21/h1,5-7,10-11,16-17,19-20,22-23H,3-4,8-9,12-15,18H2,(H2,29,30,31,33)/p+1. The smallest absolute Gasteiger partial charge is 0.418 e. The largest absolute Gasteiger partial charge is 0.461 e. The lowest BCUT2D eigenvalue weighted by molar-refractivity contribution is -0.554. The second-order valence-electron chi connectivity index (χ2n) is 9.34. The first-order valence-electron chi connectivity index (χ1n) is 12.3. The predicted molar refractivity (Wildman–Crippen MR) is 129 cm³/mol. The molecule has 2 amide bonds. The van der Waals surface area contributed by atoms with Crippen molar-refractivity contribution in [1.29, 1.82) is 0 Å². The number of nitrogens with one attached hydrogen (secondary N) is 1. The normalized spacial score (nSPS) is 23.6. The first kappa shape index (κ1) is 23.9. The molecule has 7 nitrogen and oxygen atoms in total. The second kappa shape index (κ2) is 11.3. The average molecular weight is 462 g/mol. The van der Waals surface area contributed by atoms with Gasteiger partial charge in [0, 0.05) is 30.7 Å². The van der Waals surface area contributed by atoms with Crippen LogP contribution in [-0.2, 0) is 14.9 Å². The summed E-state index contributed by atoms with van der Waals surface area (Å²) in [6.45, 7) is 0.548. The number of anilines is 1. The number of amides is 2. The summed E-state index contributed by atoms with van der Waals surface area (Å²) < 4.78 is 6.17. The molecule has 1 aromatic heterocycles. The molecule has 3 N–H and O–H groups in total. The minimum atomic E-state index is -0.577. The van der Waals surface area contributed by atoms with Gasteiger partial charge in [0.15, 0.2) is 5.82 Å². The third-order valence-corrected chi connectivity index (χ3v) is 7.27. The molecule has 0 saturated heterocycles. The second-order valence-corrected chi connectivity index (χ2v) is 9.34. The number of hydrogen-bond donors (Lipinski definition) is 2. The van der Waals surface area contributed by atoms with E-state index in [9.17, 15) is 9.59 Å². The summed E-state index contributed by atoms with van der Waals surface area (Å²) in [7, 11) is 0. The van der Waals surface area contributed by atoms with Gasteiger partial charge in [-0.2, -0.15) is 0 Å². The van der Waals surface area contributed by atoms with Crippen LogP contribution in [0.15, 0.2) is 48.9 Å². The van der Waals surface area contributed by atoms with Gasteiger partial charge in [0.2, 0.25) is 0 Å². The Kier molecular flexibility index (Phi) is 7.91. The van der Waals surface area contributed by atoms with Crippen molar-refractivity contribution in [3.63, 3.8) is 0 Å². The molecule has 2 aliphatic rings. The maximum Gasteiger partial charge on any atom is 0.418 e. The molecule has 178 valence electrons. The monoisotopic (exact) mass is 461 g/mol. The van der Waals surface area contributed by atoms with Crippen LogP contribution in [0.1, 0.15) is 56.9 Å². The molecule has 2 saturated carbocycles. The summed E-state index contributed by atoms with van der Waals surface area (Å²) in [4.78, 5) is 33.8. The average Bonchev–Trinajstić information content (AvgIpc) is 3.12. The topological polar surface area (TPSA) is 97.8 Å². The Hall–Kier alpha value is -3.24. The van der Waals surface area contributed by atoms with Crippen LogP contribution in [0, 0.1) is 24.2 Å². The fraction of sp³-hybridized carbons (Fsp3) is 0.481. The Morgan fingerprint density at radius 1 is 1.15 bits per heavy atom. The van der Waals surface area contributed by atoms with E-state index in [4.69, 9.17) is 11.2 Å². The Labute approximate surface area is 201 Å². The number of carbonyl (C=O) groups excluding carboxylic acids is 2. The quantitative estimate of drug-likeness (QED) is 0.374. The number of nitrogens with zero attached hydrogens (tertiary/aromatic N) is 2. The van der Waals surface area contributed by atoms with Crippen LogP contribution in [0.5, 0.6) is 0 Å². The van der Waals surface area contributed by atoms with Crippen molar-refractivity contribution in [3.8, 4) is 12.3 Å². The van der Waals surface area contributed by atoms with Crippen LogP contribution in [0.25, 0.3) is 0 Å². The van der Waals surface area contributed by atoms with E-state index in [0.29, 0.717) is 25.2 Å². The molecule has 2 aliphatic carbocycles. The van der Waals surface area contributed by atoms with Crippen molar-refractivity contribution in [3.05, 3.63) is 54.5 Å². The Morgan fingerprint density at radius 3 is 2.59 bits per heavy atom. The molecule has 2 aromatic rings. The number of carbonyl (C=O) groups is 2. The van der Waals surface area contributed by atoms with Gasteiger partial charge in [0.1, 0.15) is 6.10 Å². The molecule has 0 bridgehead atoms. The van der Waals surface area contributed by atoms with Gasteiger partial charge in [-0.25, -0.2) is 9.78 Å². The first-order chi connectivity index (χ1) is 16.6. The fourth-order valence-electron chi connectivity index (χ4n) is 5.28. The van der Waals surface area contributed by atoms with E-state index in [2.05, 4.69) is 33.3 Å². The van der Waals surface area contributed by atoms with E-state index >= 15 is 0 Å². The molecular formula is C27H33N4O3+. The van der Waals surface area contributed by atoms with Gasteiger partial charge >= 0.3 is 12.0 Å². The zero-order valence-corrected chi connectivity index (χ0v) is 19.5. The number of esters is 1. The molecule has 4 rings (SSSR count). The maximum atomic E-state index is 13.6. The Balaban J connectivity index is 1.36. The summed E-state index contributed by atoms with van der Waals surface area (Å²) in [5.41, 5.74) is 0.479. The molecule has 0 aliphatic heterocycles. The van der Waals surface area contributed by atoms with Gasteiger partial charge in [-0.05, 0) is 24.8 Å². The van der Waals surface area contributed by atoms with Crippen LogP contribution in [0.2, 0.25) is 0 Å². The van der Waals surface area contributed by atoms with Crippen LogP contribution >= 0.6 is 0 Å². The molecule has 1 heterocycles. The number of aromatic nitrogens is 2. The van der Waals surface area contributed by atoms with E-state index < -0.39 is 5.41 Å². The Bertz CT molecular complexity index is 998. The first-order valence-corrected chi connectivity index (χ1v) is 12.3. The van der Waals surface area contributed by atoms with E-state index in [0.717, 1.165) is 44.1 Å². The summed E-state index contributed by atoms with van der Waals surface area (Å²) >= 11 is 0. The molecule has 3 unspecified atom stereocenters. The third kappa shape index (κ3) is 5.45. The zero-order valence-electron chi connectivity index (χ0n) is 19.5. The van der Waals surface area contributed by atoms with E-state index in [1.807, 2.05) is 18.2 Å². The van der Waals surface area contributed by atoms with Crippen molar-refractivity contribution in [1.82, 2.24) is 9.97 Å². The summed E-state index contributed by atoms with van der Waals surface area (Å²) in [5.74, 6) is 3.27. The number of terminal acetylenes is 1. The molecule has 0 radical (unpaired) electrons. The van der Waals surface area contributed by atoms with Gasteiger partial charge in [-0.15, -0.1) is 12.3 Å². The van der Waals surface area contributed by atoms with E-state index in [1.54, 1.807) is 11.5 Å². The van der Waals surface area contributed by atoms with Gasteiger partial charge < -0.3 is 4.74 Å². The van der Waals surface area contributed by atoms with Gasteiger partial charge in [-0.3, -0.25) is 20.4 Å². The fourth-order valence-corrected chi connectivity index (χ4v) is 5.28. The lowest BCUT2D eigenvalue weighted by atomic mass is 9.69. The lowest BCUT2D eigenvalue weighted by Crippen LogP contribution is -2.89. The highest BCUT2D eigenvalue weighted by Crippen LogP contribution is 2.43. The van der Waals surface area contributed by atoms with Crippen LogP contribution in [0.3, 0.4) is 0 Å². The number of quaternary nitrogens is 1. The van der Waals surface area contributed by atoms with Crippen LogP contribution in [-0.4, -0.2) is 34.6 Å². The summed E-state index contributed by atoms with van der Waals surface area (Å²) in [5, 5.41) is 4.29. The van der Waals surface area contributed by atoms with Crippen LogP contribution in [0.4, 0.5) is 10.6 Å². The number of primary amides is 1. The zero-order chi connectivity index (χ0) is 23.8. The number of hydrogen-bond acceptors (Lipinski definition) is 5. The SMILES string of the molecule is C#CC1CC(OC(=O)C2(c3ccccc3)CCCCCC2)C1CC[NH2+]C(=O)Nc1cnccn1. The minimum absolute atomic E-state index is 0.0631. The van der Waals surface area contributed by atoms with Gasteiger partial charge in [0.05, 0.1) is 18.2 Å². The highest BCUT2D eigenvalue weighted by atomic mass is 16.5. The molecule has 3 atom stereocenters. The number of nitrogens with two attached hydrogens (primary N) is 1. The minimum Gasteiger partial charge on any atom is -0.461 e. The van der Waals surface area contributed by atoms with E-state index in [-0.39, 0.29) is 29.9 Å². The number of rotatable bonds is 7. The molecule has 2 fully saturated rings. The van der Waals surface area contributed by atoms with Crippen LogP contribution < -0.4 is 10.6 Å². The molecular weight excluding hydrogens is 428 g/mol. The van der Waals surface area contributed by atoms with Crippen molar-refractivity contribution < 1.29 is 19.6 Å². The van der Waals surface area contributed by atoms with Gasteiger partial charge in [0.25, 0.3) is 0 Å². The number of ether oxygens (including phenoxy) is 1.